The van der Waals surface area contributed by atoms with Gasteiger partial charge in [0.2, 0.25) is 35.4 Å². The standard InChI is InChI=1S/C15H13NO2.2C10H11NO2.3C10H12.2C6H6.2C3H8/c17-14-12-9-6-7-10(8-9)13(12)15(18)16(14)11-4-2-1-3-5-11;2*1-11-9(12)7-5-2-3-6(4-5)8(7)10(11)13;3*1-3-9-5-7-10(4-2)8-6-9;2*1-2-4-6-5-3-1;2*1-3-2/h1-7,9-10,12-13H,8H2;2*2-3,5-8H,4H2,1H3;3*3,5-8H,1,4H2,2H3;2*1-6H;2*3H2,1-2H3. The molecule has 0 N–H and O–H groups in total. The number of carbonyl (C=O) groups is 6. The molecule has 3 saturated heterocycles. The highest BCUT2D eigenvalue weighted by Crippen LogP contribution is 2.54. The first-order valence-corrected chi connectivity index (χ1v) is 33.3. The Morgan fingerprint density at radius 2 is 0.511 bits per heavy atom. The number of hydrogen-bond acceptors (Lipinski definition) is 6. The van der Waals surface area contributed by atoms with Crippen LogP contribution < -0.4 is 4.90 Å². The van der Waals surface area contributed by atoms with Crippen LogP contribution in [0.15, 0.2) is 232 Å². The zero-order chi connectivity index (χ0) is 66.7. The Morgan fingerprint density at radius 3 is 0.707 bits per heavy atom. The van der Waals surface area contributed by atoms with Crippen LogP contribution in [0, 0.1) is 71.0 Å². The number of benzene rings is 6. The van der Waals surface area contributed by atoms with Crippen molar-refractivity contribution in [3.8, 4) is 0 Å². The highest BCUT2D eigenvalue weighted by Gasteiger charge is 2.61. The van der Waals surface area contributed by atoms with E-state index in [9.17, 15) is 28.8 Å². The Balaban J connectivity index is 0.000000168. The molecule has 9 heteroatoms. The molecule has 0 spiro atoms. The van der Waals surface area contributed by atoms with E-state index in [0.717, 1.165) is 38.5 Å². The number of likely N-dealkylation sites (tertiary alicyclic amines) is 2. The molecule has 6 amide bonds. The molecule has 6 aromatic carbocycles. The van der Waals surface area contributed by atoms with Gasteiger partial charge in [0, 0.05) is 14.1 Å². The van der Waals surface area contributed by atoms with Gasteiger partial charge in [0.25, 0.3) is 0 Å². The van der Waals surface area contributed by atoms with Crippen LogP contribution in [0.4, 0.5) is 5.69 Å². The summed E-state index contributed by atoms with van der Waals surface area (Å²) in [5, 5.41) is 0. The summed E-state index contributed by atoms with van der Waals surface area (Å²) in [7, 11) is 3.20. The number of carbonyl (C=O) groups excluding carboxylic acids is 6. The fraction of sp³-hybridized carbons (Fsp3) is 0.349. The number of nitrogens with zero attached hydrogens (tertiary/aromatic N) is 3. The third-order valence-electron chi connectivity index (χ3n) is 18.1. The monoisotopic (exact) mass is 1230 g/mol. The summed E-state index contributed by atoms with van der Waals surface area (Å²) in [4.78, 5) is 75.6. The van der Waals surface area contributed by atoms with E-state index in [2.05, 4.69) is 177 Å². The van der Waals surface area contributed by atoms with Crippen LogP contribution in [-0.4, -0.2) is 59.3 Å². The number of para-hydroxylation sites is 1. The van der Waals surface area contributed by atoms with E-state index in [4.69, 9.17) is 0 Å². The van der Waals surface area contributed by atoms with E-state index in [0.29, 0.717) is 29.4 Å². The van der Waals surface area contributed by atoms with E-state index in [-0.39, 0.29) is 82.8 Å². The third-order valence-corrected chi connectivity index (χ3v) is 18.1. The summed E-state index contributed by atoms with van der Waals surface area (Å²) < 4.78 is 0. The SMILES string of the molecule is C=Cc1ccc(CC)cc1.C=Cc1ccc(CC)cc1.C=Cc1ccc(CC)cc1.CCC.CCC.CN1C(=O)C2C3C=CC(C3)C2C1=O.CN1C(=O)C2C3C=CC(C3)C2C1=O.O=C1C2C3C=CC(C3)C2C(=O)N1c1ccccc1.c1ccccc1.c1ccccc1. The molecular formula is C83H99N3O6. The molecule has 482 valence electrons. The number of amides is 6. The van der Waals surface area contributed by atoms with E-state index in [1.54, 1.807) is 14.1 Å². The third kappa shape index (κ3) is 18.5. The summed E-state index contributed by atoms with van der Waals surface area (Å²) in [5.41, 5.74) is 8.43. The van der Waals surface area contributed by atoms with Crippen molar-refractivity contribution in [3.63, 3.8) is 0 Å². The van der Waals surface area contributed by atoms with Crippen molar-refractivity contribution in [1.29, 1.82) is 0 Å². The largest absolute Gasteiger partial charge is 0.285 e. The predicted molar refractivity (Wildman–Crippen MR) is 380 cm³/mol. The lowest BCUT2D eigenvalue weighted by atomic mass is 9.85. The van der Waals surface area contributed by atoms with Gasteiger partial charge in [0.1, 0.15) is 0 Å². The lowest BCUT2D eigenvalue weighted by Crippen LogP contribution is -2.32. The smallest absolute Gasteiger partial charge is 0.238 e. The summed E-state index contributed by atoms with van der Waals surface area (Å²) in [5.74, 6) is 1.77. The molecule has 0 aromatic heterocycles. The molecular weight excluding hydrogens is 1130 g/mol. The first-order chi connectivity index (χ1) is 44.6. The Labute approximate surface area is 550 Å². The molecule has 6 fully saturated rings. The number of allylic oxidation sites excluding steroid dienone is 6. The van der Waals surface area contributed by atoms with Gasteiger partial charge in [-0.3, -0.25) is 43.5 Å². The molecule has 0 radical (unpaired) electrons. The Kier molecular flexibility index (Phi) is 29.0. The first kappa shape index (κ1) is 72.2. The molecule has 6 bridgehead atoms. The molecule has 3 aliphatic heterocycles. The van der Waals surface area contributed by atoms with Crippen molar-refractivity contribution in [2.24, 2.45) is 71.0 Å². The topological polar surface area (TPSA) is 112 Å². The van der Waals surface area contributed by atoms with Crippen molar-refractivity contribution in [1.82, 2.24) is 9.80 Å². The van der Waals surface area contributed by atoms with Crippen molar-refractivity contribution in [3.05, 3.63) is 265 Å². The summed E-state index contributed by atoms with van der Waals surface area (Å²) in [6.45, 7) is 26.0. The number of fused-ring (bicyclic) bond motifs is 15. The Morgan fingerprint density at radius 1 is 0.315 bits per heavy atom. The molecule has 6 aliphatic carbocycles. The zero-order valence-electron chi connectivity index (χ0n) is 55.9. The second kappa shape index (κ2) is 36.9. The van der Waals surface area contributed by atoms with Crippen LogP contribution in [0.3, 0.4) is 0 Å². The maximum absolute atomic E-state index is 12.5. The molecule has 12 atom stereocenters. The number of imide groups is 3. The van der Waals surface area contributed by atoms with Gasteiger partial charge in [-0.05, 0) is 120 Å². The maximum atomic E-state index is 12.5. The van der Waals surface area contributed by atoms with Crippen LogP contribution >= 0.6 is 0 Å². The average molecular weight is 1230 g/mol. The molecule has 6 aromatic rings. The van der Waals surface area contributed by atoms with Gasteiger partial charge < -0.3 is 0 Å². The Bertz CT molecular complexity index is 3040. The van der Waals surface area contributed by atoms with Crippen LogP contribution in [-0.2, 0) is 48.0 Å². The minimum Gasteiger partial charge on any atom is -0.285 e. The summed E-state index contributed by atoms with van der Waals surface area (Å²) in [6.07, 6.45) is 27.1. The predicted octanol–water partition coefficient (Wildman–Crippen LogP) is 17.7. The van der Waals surface area contributed by atoms with Crippen LogP contribution in [0.5, 0.6) is 0 Å². The van der Waals surface area contributed by atoms with Gasteiger partial charge in [-0.25, -0.2) is 0 Å². The van der Waals surface area contributed by atoms with Gasteiger partial charge in [-0.2, -0.15) is 0 Å². The zero-order valence-corrected chi connectivity index (χ0v) is 55.9. The lowest BCUT2D eigenvalue weighted by Gasteiger charge is -2.16. The maximum Gasteiger partial charge on any atom is 0.238 e. The van der Waals surface area contributed by atoms with E-state index in [1.165, 1.54) is 60.9 Å². The van der Waals surface area contributed by atoms with Gasteiger partial charge in [-0.1, -0.05) is 300 Å². The van der Waals surface area contributed by atoms with Crippen molar-refractivity contribution >= 4 is 59.4 Å². The van der Waals surface area contributed by atoms with E-state index >= 15 is 0 Å². The second-order valence-corrected chi connectivity index (χ2v) is 24.4. The van der Waals surface area contributed by atoms with Crippen LogP contribution in [0.1, 0.15) is 114 Å². The molecule has 92 heavy (non-hydrogen) atoms. The number of anilines is 1. The molecule has 15 rings (SSSR count). The average Bonchev–Trinajstić information content (AvgIpc) is 1.60. The summed E-state index contributed by atoms with van der Waals surface area (Å²) >= 11 is 0. The van der Waals surface area contributed by atoms with Gasteiger partial charge in [0.15, 0.2) is 0 Å². The fourth-order valence-electron chi connectivity index (χ4n) is 13.3. The number of aryl methyl sites for hydroxylation is 3. The lowest BCUT2D eigenvalue weighted by molar-refractivity contribution is -0.140. The van der Waals surface area contributed by atoms with E-state index in [1.807, 2.05) is 121 Å². The number of rotatable bonds is 7. The van der Waals surface area contributed by atoms with Gasteiger partial charge in [-0.15, -0.1) is 0 Å². The highest BCUT2D eigenvalue weighted by atomic mass is 16.2. The molecule has 9 aliphatic rings. The van der Waals surface area contributed by atoms with Crippen molar-refractivity contribution in [2.75, 3.05) is 19.0 Å². The van der Waals surface area contributed by atoms with E-state index < -0.39 is 0 Å². The van der Waals surface area contributed by atoms with Crippen molar-refractivity contribution < 1.29 is 28.8 Å². The molecule has 3 saturated carbocycles. The highest BCUT2D eigenvalue weighted by molar-refractivity contribution is 6.22. The van der Waals surface area contributed by atoms with Crippen LogP contribution in [0.25, 0.3) is 18.2 Å². The van der Waals surface area contributed by atoms with Gasteiger partial charge in [0.05, 0.1) is 41.2 Å². The van der Waals surface area contributed by atoms with Crippen LogP contribution in [0.2, 0.25) is 0 Å². The minimum atomic E-state index is -0.104. The molecule has 3 heterocycles. The molecule has 12 unspecified atom stereocenters. The quantitative estimate of drug-likeness (QED) is 0.116. The van der Waals surface area contributed by atoms with Gasteiger partial charge >= 0.3 is 0 Å². The fourth-order valence-corrected chi connectivity index (χ4v) is 13.3. The second-order valence-electron chi connectivity index (χ2n) is 24.4. The van der Waals surface area contributed by atoms with Crippen molar-refractivity contribution in [2.45, 2.75) is 99.8 Å². The number of hydrogen-bond donors (Lipinski definition) is 0. The first-order valence-electron chi connectivity index (χ1n) is 33.3. The Hall–Kier alpha value is -8.82. The molecule has 9 nitrogen and oxygen atoms in total. The summed E-state index contributed by atoms with van der Waals surface area (Å²) in [6, 6.07) is 58.6. The minimum absolute atomic E-state index is 0.00644. The normalized spacial score (nSPS) is 24.7.